The van der Waals surface area contributed by atoms with Crippen LogP contribution in [0.5, 0.6) is 0 Å². The van der Waals surface area contributed by atoms with Gasteiger partial charge in [-0.05, 0) is 43.5 Å². The molecule has 4 fully saturated rings. The van der Waals surface area contributed by atoms with Crippen LogP contribution in [0.2, 0.25) is 0 Å². The van der Waals surface area contributed by atoms with Crippen molar-refractivity contribution in [3.8, 4) is 0 Å². The van der Waals surface area contributed by atoms with E-state index in [0.717, 1.165) is 5.56 Å². The van der Waals surface area contributed by atoms with Crippen molar-refractivity contribution in [1.29, 1.82) is 0 Å². The van der Waals surface area contributed by atoms with E-state index >= 15 is 0 Å². The van der Waals surface area contributed by atoms with Crippen LogP contribution in [0.1, 0.15) is 85.8 Å². The Balaban J connectivity index is 1.69. The lowest BCUT2D eigenvalue weighted by atomic mass is 9.42. The normalized spacial score (nSPS) is 37.4. The third-order valence-corrected chi connectivity index (χ3v) is 12.4. The number of ketones is 1. The van der Waals surface area contributed by atoms with Gasteiger partial charge >= 0.3 is 23.9 Å². The maximum Gasteiger partial charge on any atom is 0.308 e. The quantitative estimate of drug-likeness (QED) is 0.216. The lowest BCUT2D eigenvalue weighted by molar-refractivity contribution is -0.194. The SMILES string of the molecule is C=C1[C@@H](OC(=O)C[C@H](c2ccccc2)N(C)C)CC[C@@]2(C)[C@@H](OC(C)=O)[C@H](OC(C)=O)[C@@]34[C@H](C)C(=O)C[C@@H]([C@@H](OC(C)=O)[C@@]132)C4(C)C. The van der Waals surface area contributed by atoms with Crippen LogP contribution in [-0.4, -0.2) is 73.1 Å². The van der Waals surface area contributed by atoms with Gasteiger partial charge in [-0.1, -0.05) is 64.6 Å². The Morgan fingerprint density at radius 3 is 2.00 bits per heavy atom. The molecule has 10 nitrogen and oxygen atoms in total. The van der Waals surface area contributed by atoms with Crippen LogP contribution in [-0.2, 0) is 42.9 Å². The van der Waals surface area contributed by atoms with Gasteiger partial charge in [0.1, 0.15) is 30.2 Å². The largest absolute Gasteiger partial charge is 0.461 e. The lowest BCUT2D eigenvalue weighted by Crippen LogP contribution is -2.63. The van der Waals surface area contributed by atoms with E-state index in [0.29, 0.717) is 18.4 Å². The first kappa shape index (κ1) is 34.8. The third-order valence-electron chi connectivity index (χ3n) is 12.4. The molecule has 4 aliphatic carbocycles. The first-order chi connectivity index (χ1) is 21.9. The zero-order valence-electron chi connectivity index (χ0n) is 29.1. The predicted molar refractivity (Wildman–Crippen MR) is 171 cm³/mol. The summed E-state index contributed by atoms with van der Waals surface area (Å²) in [5.41, 5.74) is -2.82. The van der Waals surface area contributed by atoms with Crippen LogP contribution in [0, 0.1) is 33.5 Å². The highest BCUT2D eigenvalue weighted by atomic mass is 16.6. The van der Waals surface area contributed by atoms with Crippen molar-refractivity contribution >= 4 is 29.7 Å². The molecule has 0 heterocycles. The molecular weight excluding hydrogens is 602 g/mol. The fourth-order valence-corrected chi connectivity index (χ4v) is 10.9. The number of benzene rings is 1. The second kappa shape index (κ2) is 11.9. The second-order valence-electron chi connectivity index (χ2n) is 15.0. The van der Waals surface area contributed by atoms with E-state index in [-0.39, 0.29) is 24.7 Å². The summed E-state index contributed by atoms with van der Waals surface area (Å²) in [4.78, 5) is 68.3. The van der Waals surface area contributed by atoms with Crippen LogP contribution in [0.4, 0.5) is 0 Å². The molecule has 256 valence electrons. The third kappa shape index (κ3) is 4.71. The molecule has 0 radical (unpaired) electrons. The minimum Gasteiger partial charge on any atom is -0.461 e. The van der Waals surface area contributed by atoms with Gasteiger partial charge in [-0.3, -0.25) is 24.0 Å². The topological polar surface area (TPSA) is 126 Å². The molecule has 10 heteroatoms. The minimum atomic E-state index is -1.27. The molecule has 47 heavy (non-hydrogen) atoms. The molecule has 2 spiro atoms. The fraction of sp³-hybridized carbons (Fsp3) is 0.649. The number of hydrogen-bond donors (Lipinski definition) is 0. The molecule has 0 saturated heterocycles. The van der Waals surface area contributed by atoms with E-state index in [9.17, 15) is 24.0 Å². The Hall–Kier alpha value is -3.53. The van der Waals surface area contributed by atoms with Crippen molar-refractivity contribution in [3.63, 3.8) is 0 Å². The fourth-order valence-electron chi connectivity index (χ4n) is 10.9. The van der Waals surface area contributed by atoms with E-state index in [1.165, 1.54) is 20.8 Å². The Morgan fingerprint density at radius 2 is 1.45 bits per heavy atom. The van der Waals surface area contributed by atoms with Crippen molar-refractivity contribution in [2.75, 3.05) is 14.1 Å². The molecule has 1 aromatic rings. The van der Waals surface area contributed by atoms with Crippen molar-refractivity contribution in [3.05, 3.63) is 48.0 Å². The summed E-state index contributed by atoms with van der Waals surface area (Å²) in [5, 5.41) is 0. The van der Waals surface area contributed by atoms with Gasteiger partial charge in [0, 0.05) is 55.9 Å². The van der Waals surface area contributed by atoms with E-state index in [1.807, 2.05) is 77.0 Å². The predicted octanol–water partition coefficient (Wildman–Crippen LogP) is 4.99. The average Bonchev–Trinajstić information content (AvgIpc) is 3.22. The van der Waals surface area contributed by atoms with Gasteiger partial charge < -0.3 is 23.8 Å². The van der Waals surface area contributed by atoms with Crippen LogP contribution in [0.15, 0.2) is 42.5 Å². The summed E-state index contributed by atoms with van der Waals surface area (Å²) < 4.78 is 24.9. The van der Waals surface area contributed by atoms with Gasteiger partial charge in [0.05, 0.1) is 11.8 Å². The Morgan fingerprint density at radius 1 is 0.894 bits per heavy atom. The highest BCUT2D eigenvalue weighted by Gasteiger charge is 2.92. The van der Waals surface area contributed by atoms with Gasteiger partial charge in [0.25, 0.3) is 0 Å². The van der Waals surface area contributed by atoms with E-state index in [2.05, 4.69) is 6.58 Å². The molecule has 0 aliphatic heterocycles. The second-order valence-corrected chi connectivity index (χ2v) is 15.0. The maximum absolute atomic E-state index is 14.0. The summed E-state index contributed by atoms with van der Waals surface area (Å²) in [5.74, 6) is -3.34. The molecule has 2 bridgehead atoms. The monoisotopic (exact) mass is 651 g/mol. The molecule has 0 aromatic heterocycles. The van der Waals surface area contributed by atoms with E-state index < -0.39 is 81.8 Å². The molecule has 1 aromatic carbocycles. The molecule has 4 saturated carbocycles. The molecule has 4 aliphatic rings. The zero-order chi connectivity index (χ0) is 34.9. The number of carbonyl (C=O) groups excluding carboxylic acids is 5. The van der Waals surface area contributed by atoms with Crippen molar-refractivity contribution in [2.24, 2.45) is 33.5 Å². The zero-order valence-corrected chi connectivity index (χ0v) is 29.1. The van der Waals surface area contributed by atoms with Gasteiger partial charge in [0.2, 0.25) is 0 Å². The number of rotatable bonds is 8. The van der Waals surface area contributed by atoms with E-state index in [1.54, 1.807) is 0 Å². The highest BCUT2D eigenvalue weighted by molar-refractivity contribution is 5.86. The number of carbonyl (C=O) groups is 5. The maximum atomic E-state index is 14.0. The molecule has 0 amide bonds. The van der Waals surface area contributed by atoms with Gasteiger partial charge in [-0.15, -0.1) is 0 Å². The molecule has 10 atom stereocenters. The summed E-state index contributed by atoms with van der Waals surface area (Å²) >= 11 is 0. The first-order valence-corrected chi connectivity index (χ1v) is 16.5. The smallest absolute Gasteiger partial charge is 0.308 e. The summed E-state index contributed by atoms with van der Waals surface area (Å²) in [7, 11) is 3.81. The van der Waals surface area contributed by atoms with Gasteiger partial charge in [0.15, 0.2) is 0 Å². The molecular formula is C37H49NO9. The Kier molecular flexibility index (Phi) is 8.78. The summed E-state index contributed by atoms with van der Waals surface area (Å²) in [6.45, 7) is 16.4. The molecule has 0 N–H and O–H groups in total. The number of esters is 4. The molecule has 5 rings (SSSR count). The van der Waals surface area contributed by atoms with Crippen molar-refractivity contribution < 1.29 is 42.9 Å². The first-order valence-electron chi connectivity index (χ1n) is 16.5. The molecule has 0 unspecified atom stereocenters. The van der Waals surface area contributed by atoms with Crippen LogP contribution in [0.3, 0.4) is 0 Å². The number of Topliss-reactive ketones (excluding diaryl/α,β-unsaturated/α-hetero) is 1. The van der Waals surface area contributed by atoms with Crippen LogP contribution in [0.25, 0.3) is 0 Å². The minimum absolute atomic E-state index is 0.0602. The Labute approximate surface area is 277 Å². The number of hydrogen-bond acceptors (Lipinski definition) is 10. The van der Waals surface area contributed by atoms with Gasteiger partial charge in [-0.2, -0.15) is 0 Å². The van der Waals surface area contributed by atoms with Crippen molar-refractivity contribution in [1.82, 2.24) is 4.90 Å². The van der Waals surface area contributed by atoms with Crippen LogP contribution < -0.4 is 0 Å². The summed E-state index contributed by atoms with van der Waals surface area (Å²) in [6.07, 6.45) is -2.79. The number of nitrogens with zero attached hydrogens (tertiary/aromatic N) is 1. The van der Waals surface area contributed by atoms with E-state index in [4.69, 9.17) is 18.9 Å². The number of fused-ring (bicyclic) bond motifs is 1. The van der Waals surface area contributed by atoms with Crippen molar-refractivity contribution in [2.45, 2.75) is 105 Å². The average molecular weight is 652 g/mol. The van der Waals surface area contributed by atoms with Gasteiger partial charge in [-0.25, -0.2) is 0 Å². The lowest BCUT2D eigenvalue weighted by Gasteiger charge is -2.60. The van der Waals surface area contributed by atoms with Crippen LogP contribution >= 0.6 is 0 Å². The number of ether oxygens (including phenoxy) is 4. The summed E-state index contributed by atoms with van der Waals surface area (Å²) in [6, 6.07) is 9.48. The Bertz CT molecular complexity index is 1490. The standard InChI is InChI=1S/C37H49NO9/c1-20-28(42)18-26-31(44-22(3)39)37-21(2)29(47-30(43)19-27(38(9)10)25-14-12-11-13-15-25)16-17-35(37,8)32(45-23(4)40)33(46-24(5)41)36(20,37)34(26,6)7/h11-15,20,26-27,29,31-33H,2,16-19H2,1,3-10H3/t20-,26+,27-,29+,31-,32+,33+,35+,36-,37-/m1/s1. The highest BCUT2D eigenvalue weighted by Crippen LogP contribution is 2.86.